The molecule has 0 spiro atoms. The van der Waals surface area contributed by atoms with E-state index in [-0.39, 0.29) is 0 Å². The minimum atomic E-state index is 0.417. The third-order valence-corrected chi connectivity index (χ3v) is 3.53. The molecule has 1 atom stereocenters. The summed E-state index contributed by atoms with van der Waals surface area (Å²) in [4.78, 5) is 5.76. The number of nitrogens with zero attached hydrogens (tertiary/aromatic N) is 1. The van der Waals surface area contributed by atoms with Crippen LogP contribution in [0.2, 0.25) is 0 Å². The van der Waals surface area contributed by atoms with Crippen LogP contribution in [0.25, 0.3) is 0 Å². The Bertz CT molecular complexity index is 279. The molecule has 0 saturated carbocycles. The van der Waals surface area contributed by atoms with Crippen LogP contribution in [0.3, 0.4) is 0 Å². The van der Waals surface area contributed by atoms with Crippen molar-refractivity contribution in [3.63, 3.8) is 0 Å². The average molecular weight is 212 g/mol. The normalized spacial score (nSPS) is 13.9. The molecule has 0 aliphatic rings. The van der Waals surface area contributed by atoms with Crippen LogP contribution >= 0.6 is 11.3 Å². The topological polar surface area (TPSA) is 24.9 Å². The van der Waals surface area contributed by atoms with Crippen molar-refractivity contribution >= 4 is 11.3 Å². The fourth-order valence-corrected chi connectivity index (χ4v) is 2.28. The second-order valence-corrected chi connectivity index (χ2v) is 5.39. The molecular formula is C11H20N2S. The van der Waals surface area contributed by atoms with Gasteiger partial charge in [-0.25, -0.2) is 4.98 Å². The molecule has 1 N–H and O–H groups in total. The first-order valence-corrected chi connectivity index (χ1v) is 6.04. The molecule has 0 bridgehead atoms. The van der Waals surface area contributed by atoms with Crippen LogP contribution < -0.4 is 5.32 Å². The van der Waals surface area contributed by atoms with Crippen LogP contribution in [-0.2, 0) is 0 Å². The Morgan fingerprint density at radius 2 is 1.86 bits per heavy atom. The van der Waals surface area contributed by atoms with Crippen LogP contribution in [0.1, 0.15) is 56.5 Å². The maximum absolute atomic E-state index is 4.42. The second-order valence-electron chi connectivity index (χ2n) is 4.30. The number of rotatable bonds is 4. The average Bonchev–Trinajstić information content (AvgIpc) is 2.50. The molecule has 0 aromatic carbocycles. The van der Waals surface area contributed by atoms with Crippen LogP contribution in [0.4, 0.5) is 0 Å². The fourth-order valence-electron chi connectivity index (χ4n) is 1.35. The predicted octanol–water partition coefficient (Wildman–Crippen LogP) is 3.33. The highest BCUT2D eigenvalue weighted by Gasteiger charge is 2.11. The molecule has 1 rings (SSSR count). The highest BCUT2D eigenvalue weighted by atomic mass is 32.1. The van der Waals surface area contributed by atoms with Gasteiger partial charge < -0.3 is 5.32 Å². The minimum Gasteiger partial charge on any atom is -0.307 e. The quantitative estimate of drug-likeness (QED) is 0.828. The Balaban J connectivity index is 2.66. The van der Waals surface area contributed by atoms with E-state index in [0.717, 1.165) is 0 Å². The van der Waals surface area contributed by atoms with Gasteiger partial charge in [-0.15, -0.1) is 11.3 Å². The molecule has 80 valence electrons. The highest BCUT2D eigenvalue weighted by Crippen LogP contribution is 2.25. The van der Waals surface area contributed by atoms with Gasteiger partial charge in [-0.2, -0.15) is 0 Å². The molecule has 2 nitrogen and oxygen atoms in total. The van der Waals surface area contributed by atoms with E-state index in [4.69, 9.17) is 0 Å². The molecule has 1 heterocycles. The minimum absolute atomic E-state index is 0.417. The molecule has 3 heteroatoms. The molecule has 0 amide bonds. The van der Waals surface area contributed by atoms with Crippen molar-refractivity contribution < 1.29 is 0 Å². The largest absolute Gasteiger partial charge is 0.307 e. The van der Waals surface area contributed by atoms with E-state index in [2.05, 4.69) is 44.9 Å². The molecular weight excluding hydrogens is 192 g/mol. The van der Waals surface area contributed by atoms with E-state index in [1.807, 2.05) is 17.5 Å². The summed E-state index contributed by atoms with van der Waals surface area (Å²) in [7, 11) is 0. The summed E-state index contributed by atoms with van der Waals surface area (Å²) in [5, 5.41) is 4.72. The van der Waals surface area contributed by atoms with Gasteiger partial charge in [-0.1, -0.05) is 27.7 Å². The smallest absolute Gasteiger partial charge is 0.0953 e. The van der Waals surface area contributed by atoms with Gasteiger partial charge in [-0.3, -0.25) is 0 Å². The van der Waals surface area contributed by atoms with Gasteiger partial charge in [0, 0.05) is 29.1 Å². The van der Waals surface area contributed by atoms with E-state index in [0.29, 0.717) is 18.0 Å². The van der Waals surface area contributed by atoms with Crippen LogP contribution in [-0.4, -0.2) is 11.0 Å². The Morgan fingerprint density at radius 1 is 1.21 bits per heavy atom. The molecule has 0 aliphatic carbocycles. The summed E-state index contributed by atoms with van der Waals surface area (Å²) in [5.74, 6) is 0.542. The van der Waals surface area contributed by atoms with Gasteiger partial charge in [0.25, 0.3) is 0 Å². The number of thiazole rings is 1. The molecule has 0 saturated heterocycles. The molecule has 0 unspecified atom stereocenters. The van der Waals surface area contributed by atoms with Crippen molar-refractivity contribution in [2.75, 3.05) is 0 Å². The standard InChI is InChI=1S/C11H20N2S/c1-7(2)11-12-6-10(14-11)9(5)13-8(3)4/h6-9,13H,1-5H3/t9-/m1/s1. The number of hydrogen-bond acceptors (Lipinski definition) is 3. The van der Waals surface area contributed by atoms with Crippen molar-refractivity contribution in [2.24, 2.45) is 0 Å². The highest BCUT2D eigenvalue weighted by molar-refractivity contribution is 7.11. The van der Waals surface area contributed by atoms with Crippen molar-refractivity contribution in [3.8, 4) is 0 Å². The maximum Gasteiger partial charge on any atom is 0.0953 e. The van der Waals surface area contributed by atoms with Crippen molar-refractivity contribution in [3.05, 3.63) is 16.1 Å². The zero-order valence-corrected chi connectivity index (χ0v) is 10.5. The van der Waals surface area contributed by atoms with Crippen molar-refractivity contribution in [2.45, 2.75) is 52.6 Å². The third kappa shape index (κ3) is 3.07. The summed E-state index contributed by atoms with van der Waals surface area (Å²) in [5.41, 5.74) is 0. The van der Waals surface area contributed by atoms with E-state index < -0.39 is 0 Å². The Morgan fingerprint density at radius 3 is 2.29 bits per heavy atom. The number of nitrogens with one attached hydrogen (secondary N) is 1. The molecule has 1 aromatic rings. The zero-order valence-electron chi connectivity index (χ0n) is 9.66. The van der Waals surface area contributed by atoms with E-state index >= 15 is 0 Å². The number of hydrogen-bond donors (Lipinski definition) is 1. The van der Waals surface area contributed by atoms with Crippen LogP contribution in [0, 0.1) is 0 Å². The third-order valence-electron chi connectivity index (χ3n) is 2.05. The van der Waals surface area contributed by atoms with Crippen molar-refractivity contribution in [1.29, 1.82) is 0 Å². The van der Waals surface area contributed by atoms with Gasteiger partial charge in [0.2, 0.25) is 0 Å². The molecule has 0 radical (unpaired) electrons. The van der Waals surface area contributed by atoms with Gasteiger partial charge >= 0.3 is 0 Å². The zero-order chi connectivity index (χ0) is 10.7. The first-order chi connectivity index (χ1) is 6.50. The lowest BCUT2D eigenvalue weighted by molar-refractivity contribution is 0.511. The Labute approximate surface area is 90.8 Å². The fraction of sp³-hybridized carbons (Fsp3) is 0.727. The molecule has 1 aromatic heterocycles. The number of aromatic nitrogens is 1. The summed E-state index contributed by atoms with van der Waals surface area (Å²) in [6.07, 6.45) is 2.00. The predicted molar refractivity (Wildman–Crippen MR) is 62.9 cm³/mol. The first-order valence-electron chi connectivity index (χ1n) is 5.22. The van der Waals surface area contributed by atoms with Gasteiger partial charge in [0.05, 0.1) is 5.01 Å². The second kappa shape index (κ2) is 4.89. The van der Waals surface area contributed by atoms with Crippen LogP contribution in [0.15, 0.2) is 6.20 Å². The SMILES string of the molecule is CC(C)N[C@H](C)c1cnc(C(C)C)s1. The first kappa shape index (κ1) is 11.7. The monoisotopic (exact) mass is 212 g/mol. The van der Waals surface area contributed by atoms with Crippen LogP contribution in [0.5, 0.6) is 0 Å². The molecule has 0 fully saturated rings. The van der Waals surface area contributed by atoms with Gasteiger partial charge in [-0.05, 0) is 6.92 Å². The summed E-state index contributed by atoms with van der Waals surface area (Å²) >= 11 is 1.82. The summed E-state index contributed by atoms with van der Waals surface area (Å²) in [6.45, 7) is 10.9. The van der Waals surface area contributed by atoms with E-state index in [9.17, 15) is 0 Å². The van der Waals surface area contributed by atoms with Crippen molar-refractivity contribution in [1.82, 2.24) is 10.3 Å². The maximum atomic E-state index is 4.42. The lowest BCUT2D eigenvalue weighted by Gasteiger charge is -2.14. The summed E-state index contributed by atoms with van der Waals surface area (Å²) in [6, 6.07) is 0.939. The molecule has 14 heavy (non-hydrogen) atoms. The lowest BCUT2D eigenvalue weighted by Crippen LogP contribution is -2.25. The molecule has 0 aliphatic heterocycles. The lowest BCUT2D eigenvalue weighted by atomic mass is 10.2. The Hall–Kier alpha value is -0.410. The van der Waals surface area contributed by atoms with E-state index in [1.165, 1.54) is 9.88 Å². The van der Waals surface area contributed by atoms with Gasteiger partial charge in [0.1, 0.15) is 0 Å². The van der Waals surface area contributed by atoms with Gasteiger partial charge in [0.15, 0.2) is 0 Å². The van der Waals surface area contributed by atoms with E-state index in [1.54, 1.807) is 0 Å². The summed E-state index contributed by atoms with van der Waals surface area (Å²) < 4.78 is 0. The Kier molecular flexibility index (Phi) is 4.08.